The van der Waals surface area contributed by atoms with Gasteiger partial charge in [-0.25, -0.2) is 0 Å². The zero-order valence-corrected chi connectivity index (χ0v) is 9.51. The topological polar surface area (TPSA) is 66.6 Å². The summed E-state index contributed by atoms with van der Waals surface area (Å²) in [5.41, 5.74) is 1.55. The second-order valence-electron chi connectivity index (χ2n) is 3.50. The van der Waals surface area contributed by atoms with E-state index in [1.54, 1.807) is 6.07 Å². The van der Waals surface area contributed by atoms with Gasteiger partial charge in [-0.15, -0.1) is 0 Å². The van der Waals surface area contributed by atoms with Crippen LogP contribution >= 0.6 is 0 Å². The quantitative estimate of drug-likeness (QED) is 0.611. The standard InChI is InChI=1S/C11H16N2O3/c1-3-12(7-8-14)11-9(2)5-4-6-10(11)13(15)16/h4-6,14H,3,7-8H2,1-2H3. The van der Waals surface area contributed by atoms with E-state index in [9.17, 15) is 10.1 Å². The number of para-hydroxylation sites is 1. The lowest BCUT2D eigenvalue weighted by molar-refractivity contribution is -0.384. The molecule has 0 atom stereocenters. The fourth-order valence-corrected chi connectivity index (χ4v) is 1.75. The first kappa shape index (κ1) is 12.4. The highest BCUT2D eigenvalue weighted by Gasteiger charge is 2.19. The Kier molecular flexibility index (Phi) is 4.25. The molecule has 1 aromatic rings. The zero-order valence-electron chi connectivity index (χ0n) is 9.51. The molecule has 5 nitrogen and oxygen atoms in total. The van der Waals surface area contributed by atoms with E-state index in [4.69, 9.17) is 5.11 Å². The van der Waals surface area contributed by atoms with Crippen molar-refractivity contribution >= 4 is 11.4 Å². The van der Waals surface area contributed by atoms with E-state index in [1.165, 1.54) is 6.07 Å². The number of aliphatic hydroxyl groups is 1. The van der Waals surface area contributed by atoms with Gasteiger partial charge in [0.05, 0.1) is 11.5 Å². The molecule has 0 radical (unpaired) electrons. The van der Waals surface area contributed by atoms with Gasteiger partial charge in [0.2, 0.25) is 0 Å². The Balaban J connectivity index is 3.22. The van der Waals surface area contributed by atoms with Gasteiger partial charge in [-0.2, -0.15) is 0 Å². The molecule has 1 aromatic carbocycles. The summed E-state index contributed by atoms with van der Waals surface area (Å²) >= 11 is 0. The first-order valence-electron chi connectivity index (χ1n) is 5.21. The third-order valence-electron chi connectivity index (χ3n) is 2.48. The lowest BCUT2D eigenvalue weighted by Gasteiger charge is -2.23. The molecule has 1 N–H and O–H groups in total. The van der Waals surface area contributed by atoms with Crippen LogP contribution < -0.4 is 4.90 Å². The molecular weight excluding hydrogens is 208 g/mol. The van der Waals surface area contributed by atoms with Gasteiger partial charge in [-0.05, 0) is 19.4 Å². The van der Waals surface area contributed by atoms with E-state index in [0.717, 1.165) is 5.56 Å². The van der Waals surface area contributed by atoms with E-state index < -0.39 is 0 Å². The molecule has 0 heterocycles. The predicted octanol–water partition coefficient (Wildman–Crippen LogP) is 1.72. The van der Waals surface area contributed by atoms with Crippen LogP contribution in [0.2, 0.25) is 0 Å². The largest absolute Gasteiger partial charge is 0.395 e. The van der Waals surface area contributed by atoms with Crippen LogP contribution in [0.25, 0.3) is 0 Å². The van der Waals surface area contributed by atoms with Crippen molar-refractivity contribution in [2.24, 2.45) is 0 Å². The Bertz CT molecular complexity index is 379. The number of hydrogen-bond acceptors (Lipinski definition) is 4. The third-order valence-corrected chi connectivity index (χ3v) is 2.48. The number of hydrogen-bond donors (Lipinski definition) is 1. The number of nitro groups is 1. The molecule has 0 spiro atoms. The summed E-state index contributed by atoms with van der Waals surface area (Å²) in [5.74, 6) is 0. The third kappa shape index (κ3) is 2.49. The van der Waals surface area contributed by atoms with Gasteiger partial charge >= 0.3 is 0 Å². The SMILES string of the molecule is CCN(CCO)c1c(C)cccc1[N+](=O)[O-]. The van der Waals surface area contributed by atoms with Gasteiger partial charge in [0.25, 0.3) is 5.69 Å². The van der Waals surface area contributed by atoms with E-state index >= 15 is 0 Å². The normalized spacial score (nSPS) is 10.2. The maximum absolute atomic E-state index is 10.9. The van der Waals surface area contributed by atoms with E-state index in [2.05, 4.69) is 0 Å². The minimum absolute atomic E-state index is 0.0146. The summed E-state index contributed by atoms with van der Waals surface area (Å²) in [6.45, 7) is 4.77. The Morgan fingerprint density at radius 2 is 2.19 bits per heavy atom. The van der Waals surface area contributed by atoms with Gasteiger partial charge in [0, 0.05) is 19.2 Å². The predicted molar refractivity (Wildman–Crippen MR) is 62.8 cm³/mol. The Labute approximate surface area is 94.5 Å². The molecule has 0 saturated carbocycles. The molecule has 88 valence electrons. The number of anilines is 1. The molecule has 0 fully saturated rings. The summed E-state index contributed by atoms with van der Waals surface area (Å²) in [7, 11) is 0. The van der Waals surface area contributed by atoms with Gasteiger partial charge in [-0.3, -0.25) is 10.1 Å². The molecule has 0 bridgehead atoms. The minimum Gasteiger partial charge on any atom is -0.395 e. The molecule has 0 aromatic heterocycles. The lowest BCUT2D eigenvalue weighted by atomic mass is 10.1. The smallest absolute Gasteiger partial charge is 0.292 e. The zero-order chi connectivity index (χ0) is 12.1. The molecule has 5 heteroatoms. The van der Waals surface area contributed by atoms with Crippen molar-refractivity contribution in [1.29, 1.82) is 0 Å². The van der Waals surface area contributed by atoms with Crippen LogP contribution in [0.3, 0.4) is 0 Å². The van der Waals surface area contributed by atoms with Crippen molar-refractivity contribution in [1.82, 2.24) is 0 Å². The molecule has 0 aliphatic rings. The summed E-state index contributed by atoms with van der Waals surface area (Å²) < 4.78 is 0. The van der Waals surface area contributed by atoms with Crippen molar-refractivity contribution in [3.05, 3.63) is 33.9 Å². The van der Waals surface area contributed by atoms with Crippen LogP contribution in [0.4, 0.5) is 11.4 Å². The highest BCUT2D eigenvalue weighted by molar-refractivity contribution is 5.67. The molecule has 16 heavy (non-hydrogen) atoms. The molecule has 0 amide bonds. The average Bonchev–Trinajstić information content (AvgIpc) is 2.26. The molecule has 1 rings (SSSR count). The van der Waals surface area contributed by atoms with Gasteiger partial charge in [-0.1, -0.05) is 12.1 Å². The number of nitrogens with zero attached hydrogens (tertiary/aromatic N) is 2. The minimum atomic E-state index is -0.387. The van der Waals surface area contributed by atoms with Crippen LogP contribution in [-0.2, 0) is 0 Å². The number of nitro benzene ring substituents is 1. The van der Waals surface area contributed by atoms with Crippen LogP contribution in [0.1, 0.15) is 12.5 Å². The summed E-state index contributed by atoms with van der Waals surface area (Å²) in [6, 6.07) is 4.99. The van der Waals surface area contributed by atoms with Crippen LogP contribution in [0.15, 0.2) is 18.2 Å². The average molecular weight is 224 g/mol. The highest BCUT2D eigenvalue weighted by atomic mass is 16.6. The number of aryl methyl sites for hydroxylation is 1. The van der Waals surface area contributed by atoms with E-state index in [0.29, 0.717) is 18.8 Å². The van der Waals surface area contributed by atoms with Crippen LogP contribution in [0.5, 0.6) is 0 Å². The highest BCUT2D eigenvalue weighted by Crippen LogP contribution is 2.31. The molecule has 0 unspecified atom stereocenters. The van der Waals surface area contributed by atoms with E-state index in [1.807, 2.05) is 24.8 Å². The van der Waals surface area contributed by atoms with Crippen molar-refractivity contribution in [3.8, 4) is 0 Å². The maximum Gasteiger partial charge on any atom is 0.292 e. The van der Waals surface area contributed by atoms with Crippen molar-refractivity contribution < 1.29 is 10.0 Å². The second kappa shape index (κ2) is 5.46. The monoisotopic (exact) mass is 224 g/mol. The summed E-state index contributed by atoms with van der Waals surface area (Å²) in [4.78, 5) is 12.3. The Morgan fingerprint density at radius 3 is 2.69 bits per heavy atom. The molecule has 0 aliphatic carbocycles. The van der Waals surface area contributed by atoms with E-state index in [-0.39, 0.29) is 17.2 Å². The summed E-state index contributed by atoms with van der Waals surface area (Å²) in [6.07, 6.45) is 0. The number of benzene rings is 1. The Hall–Kier alpha value is -1.62. The first-order chi connectivity index (χ1) is 7.61. The van der Waals surface area contributed by atoms with Crippen LogP contribution in [0, 0.1) is 17.0 Å². The summed E-state index contributed by atoms with van der Waals surface area (Å²) in [5, 5.41) is 19.9. The molecule has 0 saturated heterocycles. The van der Waals surface area contributed by atoms with Crippen molar-refractivity contribution in [2.45, 2.75) is 13.8 Å². The van der Waals surface area contributed by atoms with Gasteiger partial charge < -0.3 is 10.0 Å². The lowest BCUT2D eigenvalue weighted by Crippen LogP contribution is -2.27. The fourth-order valence-electron chi connectivity index (χ4n) is 1.75. The molecular formula is C11H16N2O3. The van der Waals surface area contributed by atoms with Crippen molar-refractivity contribution in [3.63, 3.8) is 0 Å². The van der Waals surface area contributed by atoms with Crippen molar-refractivity contribution in [2.75, 3.05) is 24.6 Å². The van der Waals surface area contributed by atoms with Gasteiger partial charge in [0.15, 0.2) is 0 Å². The maximum atomic E-state index is 10.9. The number of rotatable bonds is 5. The van der Waals surface area contributed by atoms with Gasteiger partial charge in [0.1, 0.15) is 5.69 Å². The molecule has 0 aliphatic heterocycles. The first-order valence-corrected chi connectivity index (χ1v) is 5.21. The second-order valence-corrected chi connectivity index (χ2v) is 3.50. The number of aliphatic hydroxyl groups excluding tert-OH is 1. The van der Waals surface area contributed by atoms with Crippen LogP contribution in [-0.4, -0.2) is 29.7 Å². The number of likely N-dealkylation sites (N-methyl/N-ethyl adjacent to an activating group) is 1. The Morgan fingerprint density at radius 1 is 1.50 bits per heavy atom. The fraction of sp³-hybridized carbons (Fsp3) is 0.455.